The lowest BCUT2D eigenvalue weighted by Gasteiger charge is -2.47. The van der Waals surface area contributed by atoms with E-state index < -0.39 is 5.60 Å². The summed E-state index contributed by atoms with van der Waals surface area (Å²) in [6.07, 6.45) is 2.83. The molecule has 0 amide bonds. The molecule has 0 spiro atoms. The molecule has 140 valence electrons. The lowest BCUT2D eigenvalue weighted by Crippen LogP contribution is -2.47. The number of aliphatic hydroxyl groups is 1. The van der Waals surface area contributed by atoms with Crippen molar-refractivity contribution in [2.45, 2.75) is 30.8 Å². The van der Waals surface area contributed by atoms with E-state index in [4.69, 9.17) is 4.74 Å². The van der Waals surface area contributed by atoms with Crippen molar-refractivity contribution in [2.24, 2.45) is 5.92 Å². The Morgan fingerprint density at radius 3 is 2.62 bits per heavy atom. The first-order chi connectivity index (χ1) is 12.4. The van der Waals surface area contributed by atoms with Crippen molar-refractivity contribution in [1.29, 1.82) is 0 Å². The molecule has 3 rings (SSSR count). The quantitative estimate of drug-likeness (QED) is 0.872. The molecule has 1 fully saturated rings. The van der Waals surface area contributed by atoms with Gasteiger partial charge in [-0.3, -0.25) is 0 Å². The maximum atomic E-state index is 14.0. The average Bonchev–Trinajstić information content (AvgIpc) is 2.63. The predicted octanol–water partition coefficient (Wildman–Crippen LogP) is 4.17. The van der Waals surface area contributed by atoms with Gasteiger partial charge in [0, 0.05) is 18.4 Å². The van der Waals surface area contributed by atoms with Crippen LogP contribution in [0.5, 0.6) is 5.75 Å². The molecule has 2 aromatic carbocycles. The fourth-order valence-corrected chi connectivity index (χ4v) is 4.42. The van der Waals surface area contributed by atoms with Gasteiger partial charge in [0.2, 0.25) is 0 Å². The zero-order valence-corrected chi connectivity index (χ0v) is 15.8. The molecule has 0 aliphatic heterocycles. The van der Waals surface area contributed by atoms with Gasteiger partial charge in [0.15, 0.2) is 0 Å². The molecule has 1 aliphatic rings. The number of ether oxygens (including phenoxy) is 1. The number of halogens is 1. The van der Waals surface area contributed by atoms with Crippen molar-refractivity contribution >= 4 is 0 Å². The lowest BCUT2D eigenvalue weighted by atomic mass is 9.63. The van der Waals surface area contributed by atoms with E-state index in [1.54, 1.807) is 13.2 Å². The average molecular weight is 357 g/mol. The van der Waals surface area contributed by atoms with E-state index in [1.165, 1.54) is 12.1 Å². The third kappa shape index (κ3) is 3.62. The highest BCUT2D eigenvalue weighted by Gasteiger charge is 2.48. The van der Waals surface area contributed by atoms with Crippen molar-refractivity contribution in [1.82, 2.24) is 4.90 Å². The van der Waals surface area contributed by atoms with Crippen LogP contribution in [0.15, 0.2) is 48.5 Å². The van der Waals surface area contributed by atoms with Gasteiger partial charge in [0.05, 0.1) is 7.11 Å². The Bertz CT molecular complexity index is 748. The Hall–Kier alpha value is -1.91. The maximum Gasteiger partial charge on any atom is 0.123 e. The zero-order valence-electron chi connectivity index (χ0n) is 15.8. The lowest BCUT2D eigenvalue weighted by molar-refractivity contribution is -0.0805. The van der Waals surface area contributed by atoms with Crippen LogP contribution in [0.1, 0.15) is 36.3 Å². The van der Waals surface area contributed by atoms with Crippen molar-refractivity contribution < 1.29 is 14.2 Å². The van der Waals surface area contributed by atoms with Crippen LogP contribution in [0.25, 0.3) is 0 Å². The summed E-state index contributed by atoms with van der Waals surface area (Å²) in [5, 5.41) is 12.0. The summed E-state index contributed by atoms with van der Waals surface area (Å²) < 4.78 is 19.4. The second-order valence-electron chi connectivity index (χ2n) is 7.55. The Kier molecular flexibility index (Phi) is 5.64. The summed E-state index contributed by atoms with van der Waals surface area (Å²) in [4.78, 5) is 2.10. The summed E-state index contributed by atoms with van der Waals surface area (Å²) in [5.74, 6) is 0.399. The Balaban J connectivity index is 2.10. The minimum Gasteiger partial charge on any atom is -0.497 e. The van der Waals surface area contributed by atoms with E-state index in [2.05, 4.69) is 4.90 Å². The Morgan fingerprint density at radius 1 is 1.15 bits per heavy atom. The van der Waals surface area contributed by atoms with Gasteiger partial charge in [-0.15, -0.1) is 0 Å². The van der Waals surface area contributed by atoms with Crippen LogP contribution >= 0.6 is 0 Å². The van der Waals surface area contributed by atoms with Crippen molar-refractivity contribution in [2.75, 3.05) is 27.7 Å². The maximum absolute atomic E-state index is 14.0. The monoisotopic (exact) mass is 357 g/mol. The molecule has 0 radical (unpaired) electrons. The first-order valence-electron chi connectivity index (χ1n) is 9.22. The number of rotatable bonds is 5. The molecule has 3 nitrogen and oxygen atoms in total. The fourth-order valence-electron chi connectivity index (χ4n) is 4.42. The van der Waals surface area contributed by atoms with Crippen LogP contribution in [0.2, 0.25) is 0 Å². The molecular weight excluding hydrogens is 329 g/mol. The second-order valence-corrected chi connectivity index (χ2v) is 7.55. The Labute approximate surface area is 155 Å². The molecule has 4 heteroatoms. The molecule has 1 saturated carbocycles. The molecule has 3 unspecified atom stereocenters. The Morgan fingerprint density at radius 2 is 1.92 bits per heavy atom. The number of hydrogen-bond acceptors (Lipinski definition) is 3. The van der Waals surface area contributed by atoms with Gasteiger partial charge in [0.25, 0.3) is 0 Å². The molecule has 26 heavy (non-hydrogen) atoms. The highest BCUT2D eigenvalue weighted by atomic mass is 19.1. The largest absolute Gasteiger partial charge is 0.497 e. The van der Waals surface area contributed by atoms with Crippen LogP contribution in [0, 0.1) is 11.7 Å². The molecule has 0 aromatic heterocycles. The van der Waals surface area contributed by atoms with Crippen molar-refractivity contribution in [3.8, 4) is 5.75 Å². The molecular formula is C22H28FNO2. The van der Waals surface area contributed by atoms with Crippen LogP contribution in [0.4, 0.5) is 4.39 Å². The molecule has 0 heterocycles. The number of benzene rings is 2. The summed E-state index contributed by atoms with van der Waals surface area (Å²) in [6.45, 7) is 0.757. The van der Waals surface area contributed by atoms with E-state index >= 15 is 0 Å². The predicted molar refractivity (Wildman–Crippen MR) is 102 cm³/mol. The zero-order chi connectivity index (χ0) is 18.7. The number of nitrogens with zero attached hydrogens (tertiary/aromatic N) is 1. The fraction of sp³-hybridized carbons (Fsp3) is 0.455. The second kappa shape index (κ2) is 7.77. The van der Waals surface area contributed by atoms with E-state index in [-0.39, 0.29) is 17.7 Å². The van der Waals surface area contributed by atoms with Gasteiger partial charge in [-0.1, -0.05) is 30.7 Å². The molecule has 1 aliphatic carbocycles. The first kappa shape index (κ1) is 18.9. The smallest absolute Gasteiger partial charge is 0.123 e. The topological polar surface area (TPSA) is 32.7 Å². The third-order valence-corrected chi connectivity index (χ3v) is 5.57. The molecule has 1 N–H and O–H groups in total. The summed E-state index contributed by atoms with van der Waals surface area (Å²) in [7, 11) is 5.68. The van der Waals surface area contributed by atoms with Gasteiger partial charge < -0.3 is 14.7 Å². The minimum absolute atomic E-state index is 0.0317. The van der Waals surface area contributed by atoms with Crippen molar-refractivity contribution in [3.05, 3.63) is 65.5 Å². The highest BCUT2D eigenvalue weighted by Crippen LogP contribution is 2.51. The normalized spacial score (nSPS) is 26.1. The minimum atomic E-state index is -1.11. The molecule has 0 saturated heterocycles. The number of methoxy groups -OCH3 is 1. The van der Waals surface area contributed by atoms with Crippen LogP contribution in [0.3, 0.4) is 0 Å². The third-order valence-electron chi connectivity index (χ3n) is 5.57. The van der Waals surface area contributed by atoms with E-state index in [9.17, 15) is 9.50 Å². The highest BCUT2D eigenvalue weighted by molar-refractivity contribution is 5.37. The van der Waals surface area contributed by atoms with Crippen LogP contribution < -0.4 is 4.74 Å². The van der Waals surface area contributed by atoms with Gasteiger partial charge in [-0.05, 0) is 62.3 Å². The van der Waals surface area contributed by atoms with Crippen molar-refractivity contribution in [3.63, 3.8) is 0 Å². The summed E-state index contributed by atoms with van der Waals surface area (Å²) in [6, 6.07) is 14.3. The van der Waals surface area contributed by atoms with Gasteiger partial charge in [-0.25, -0.2) is 4.39 Å². The molecule has 2 aromatic rings. The summed E-state index contributed by atoms with van der Waals surface area (Å²) in [5.41, 5.74) is 0.591. The number of hydrogen-bond donors (Lipinski definition) is 1. The van der Waals surface area contributed by atoms with Crippen LogP contribution in [-0.4, -0.2) is 37.8 Å². The van der Waals surface area contributed by atoms with Gasteiger partial charge >= 0.3 is 0 Å². The molecule has 3 atom stereocenters. The van der Waals surface area contributed by atoms with Crippen LogP contribution in [-0.2, 0) is 5.60 Å². The van der Waals surface area contributed by atoms with E-state index in [0.29, 0.717) is 5.56 Å². The first-order valence-corrected chi connectivity index (χ1v) is 9.22. The standard InChI is InChI=1S/C22H28FNO2/c1-24(2)15-18-9-6-12-21(16-7-4-11-20(13-16)26-3)22(18,25)17-8-5-10-19(23)14-17/h4-5,7-8,10-11,13-14,18,21,25H,6,9,12,15H2,1-3H3. The van der Waals surface area contributed by atoms with Gasteiger partial charge in [0.1, 0.15) is 17.2 Å². The van der Waals surface area contributed by atoms with Gasteiger partial charge in [-0.2, -0.15) is 0 Å². The van der Waals surface area contributed by atoms with E-state index in [1.807, 2.05) is 44.4 Å². The van der Waals surface area contributed by atoms with E-state index in [0.717, 1.165) is 37.1 Å². The molecule has 0 bridgehead atoms. The summed E-state index contributed by atoms with van der Waals surface area (Å²) >= 11 is 0. The SMILES string of the molecule is COc1cccc(C2CCCC(CN(C)C)C2(O)c2cccc(F)c2)c1.